The van der Waals surface area contributed by atoms with Crippen molar-refractivity contribution >= 4 is 16.7 Å². The summed E-state index contributed by atoms with van der Waals surface area (Å²) in [6.45, 7) is 0.379. The lowest BCUT2D eigenvalue weighted by molar-refractivity contribution is 0.749. The van der Waals surface area contributed by atoms with Crippen LogP contribution in [0.3, 0.4) is 0 Å². The Kier molecular flexibility index (Phi) is 3.11. The van der Waals surface area contributed by atoms with E-state index in [0.717, 1.165) is 16.7 Å². The molecule has 0 aliphatic heterocycles. The molecule has 1 saturated carbocycles. The summed E-state index contributed by atoms with van der Waals surface area (Å²) in [6.07, 6.45) is 5.08. The molecule has 1 aromatic carbocycles. The minimum atomic E-state index is 0.379. The Bertz CT molecular complexity index is 546. The number of benzene rings is 1. The van der Waals surface area contributed by atoms with Crippen molar-refractivity contribution in [3.8, 4) is 0 Å². The highest BCUT2D eigenvalue weighted by molar-refractivity contribution is 5.89. The maximum atomic E-state index is 5.67. The van der Waals surface area contributed by atoms with E-state index in [-0.39, 0.29) is 0 Å². The van der Waals surface area contributed by atoms with Gasteiger partial charge in [0.1, 0.15) is 11.6 Å². The Labute approximate surface area is 107 Å². The summed E-state index contributed by atoms with van der Waals surface area (Å²) in [5, 5.41) is 4.64. The molecule has 0 unspecified atom stereocenters. The van der Waals surface area contributed by atoms with Crippen molar-refractivity contribution in [2.45, 2.75) is 38.3 Å². The minimum Gasteiger partial charge on any atom is -0.367 e. The van der Waals surface area contributed by atoms with Crippen molar-refractivity contribution in [2.75, 3.05) is 5.32 Å². The number of nitrogens with zero attached hydrogens (tertiary/aromatic N) is 2. The molecule has 0 saturated heterocycles. The van der Waals surface area contributed by atoms with Gasteiger partial charge in [-0.1, -0.05) is 25.0 Å². The van der Waals surface area contributed by atoms with Crippen LogP contribution in [0.4, 0.5) is 5.82 Å². The van der Waals surface area contributed by atoms with Crippen molar-refractivity contribution in [3.63, 3.8) is 0 Å². The van der Waals surface area contributed by atoms with Gasteiger partial charge < -0.3 is 11.1 Å². The Morgan fingerprint density at radius 1 is 1.17 bits per heavy atom. The van der Waals surface area contributed by atoms with Crippen LogP contribution in [-0.2, 0) is 6.54 Å². The first-order chi connectivity index (χ1) is 8.86. The molecule has 94 valence electrons. The molecular weight excluding hydrogens is 224 g/mol. The van der Waals surface area contributed by atoms with Crippen LogP contribution in [0.2, 0.25) is 0 Å². The number of rotatable bonds is 3. The van der Waals surface area contributed by atoms with Gasteiger partial charge in [0.2, 0.25) is 0 Å². The predicted molar refractivity (Wildman–Crippen MR) is 73.3 cm³/mol. The first-order valence-electron chi connectivity index (χ1n) is 6.59. The van der Waals surface area contributed by atoms with E-state index in [4.69, 9.17) is 5.73 Å². The fourth-order valence-electron chi connectivity index (χ4n) is 2.59. The average molecular weight is 242 g/mol. The maximum absolute atomic E-state index is 5.67. The zero-order valence-corrected chi connectivity index (χ0v) is 10.4. The molecule has 0 radical (unpaired) electrons. The third kappa shape index (κ3) is 2.16. The normalized spacial score (nSPS) is 16.3. The number of hydrogen-bond acceptors (Lipinski definition) is 4. The van der Waals surface area contributed by atoms with E-state index in [2.05, 4.69) is 21.4 Å². The molecule has 0 spiro atoms. The third-order valence-corrected chi connectivity index (χ3v) is 3.53. The Hall–Kier alpha value is -1.68. The summed E-state index contributed by atoms with van der Waals surface area (Å²) in [4.78, 5) is 8.99. The quantitative estimate of drug-likeness (QED) is 0.867. The van der Waals surface area contributed by atoms with Gasteiger partial charge in [-0.2, -0.15) is 0 Å². The van der Waals surface area contributed by atoms with Gasteiger partial charge in [0, 0.05) is 11.4 Å². The first kappa shape index (κ1) is 11.4. The second-order valence-corrected chi connectivity index (χ2v) is 4.84. The fraction of sp³-hybridized carbons (Fsp3) is 0.429. The summed E-state index contributed by atoms with van der Waals surface area (Å²) in [5.41, 5.74) is 6.63. The largest absolute Gasteiger partial charge is 0.367 e. The van der Waals surface area contributed by atoms with E-state index < -0.39 is 0 Å². The molecule has 0 amide bonds. The topological polar surface area (TPSA) is 63.8 Å². The monoisotopic (exact) mass is 242 g/mol. The summed E-state index contributed by atoms with van der Waals surface area (Å²) < 4.78 is 0. The highest BCUT2D eigenvalue weighted by atomic mass is 15.1. The van der Waals surface area contributed by atoms with Gasteiger partial charge in [-0.05, 0) is 25.0 Å². The zero-order valence-electron chi connectivity index (χ0n) is 10.4. The predicted octanol–water partition coefficient (Wildman–Crippen LogP) is 2.44. The lowest BCUT2D eigenvalue weighted by atomic mass is 10.2. The molecule has 4 nitrogen and oxygen atoms in total. The van der Waals surface area contributed by atoms with E-state index in [1.54, 1.807) is 0 Å². The number of para-hydroxylation sites is 1. The number of hydrogen-bond donors (Lipinski definition) is 2. The molecule has 1 heterocycles. The van der Waals surface area contributed by atoms with Crippen LogP contribution in [0.1, 0.15) is 31.5 Å². The first-order valence-corrected chi connectivity index (χ1v) is 6.59. The van der Waals surface area contributed by atoms with Crippen molar-refractivity contribution < 1.29 is 0 Å². The molecular formula is C14H18N4. The molecule has 1 fully saturated rings. The molecule has 1 aromatic heterocycles. The number of aromatic nitrogens is 2. The summed E-state index contributed by atoms with van der Waals surface area (Å²) in [5.74, 6) is 1.64. The second-order valence-electron chi connectivity index (χ2n) is 4.84. The smallest absolute Gasteiger partial charge is 0.144 e. The van der Waals surface area contributed by atoms with Gasteiger partial charge in [0.05, 0.1) is 12.1 Å². The molecule has 18 heavy (non-hydrogen) atoms. The molecule has 0 atom stereocenters. The number of nitrogens with two attached hydrogens (primary N) is 1. The van der Waals surface area contributed by atoms with E-state index in [0.29, 0.717) is 18.4 Å². The van der Waals surface area contributed by atoms with Crippen LogP contribution in [0.5, 0.6) is 0 Å². The van der Waals surface area contributed by atoms with Gasteiger partial charge in [0.15, 0.2) is 0 Å². The molecule has 3 rings (SSSR count). The van der Waals surface area contributed by atoms with Crippen LogP contribution in [0, 0.1) is 0 Å². The maximum Gasteiger partial charge on any atom is 0.144 e. The Morgan fingerprint density at radius 3 is 2.72 bits per heavy atom. The van der Waals surface area contributed by atoms with Crippen molar-refractivity contribution in [3.05, 3.63) is 30.1 Å². The van der Waals surface area contributed by atoms with Crippen LogP contribution in [0.25, 0.3) is 10.9 Å². The minimum absolute atomic E-state index is 0.379. The number of fused-ring (bicyclic) bond motifs is 1. The van der Waals surface area contributed by atoms with Gasteiger partial charge in [-0.25, -0.2) is 9.97 Å². The highest BCUT2D eigenvalue weighted by Crippen LogP contribution is 2.25. The highest BCUT2D eigenvalue weighted by Gasteiger charge is 2.16. The van der Waals surface area contributed by atoms with E-state index in [1.165, 1.54) is 25.7 Å². The van der Waals surface area contributed by atoms with Crippen LogP contribution in [0.15, 0.2) is 24.3 Å². The van der Waals surface area contributed by atoms with E-state index in [1.807, 2.05) is 18.2 Å². The number of anilines is 1. The van der Waals surface area contributed by atoms with E-state index in [9.17, 15) is 0 Å². The van der Waals surface area contributed by atoms with Crippen molar-refractivity contribution in [1.29, 1.82) is 0 Å². The van der Waals surface area contributed by atoms with Crippen LogP contribution >= 0.6 is 0 Å². The van der Waals surface area contributed by atoms with Crippen molar-refractivity contribution in [2.24, 2.45) is 5.73 Å². The van der Waals surface area contributed by atoms with Crippen LogP contribution < -0.4 is 11.1 Å². The third-order valence-electron chi connectivity index (χ3n) is 3.53. The van der Waals surface area contributed by atoms with E-state index >= 15 is 0 Å². The lowest BCUT2D eigenvalue weighted by Gasteiger charge is -2.15. The molecule has 4 heteroatoms. The molecule has 2 aromatic rings. The summed E-state index contributed by atoms with van der Waals surface area (Å²) >= 11 is 0. The Morgan fingerprint density at radius 2 is 1.94 bits per heavy atom. The Balaban J connectivity index is 2.01. The average Bonchev–Trinajstić information content (AvgIpc) is 2.91. The fourth-order valence-corrected chi connectivity index (χ4v) is 2.59. The molecule has 1 aliphatic carbocycles. The zero-order chi connectivity index (χ0) is 12.4. The van der Waals surface area contributed by atoms with Gasteiger partial charge in [-0.15, -0.1) is 0 Å². The molecule has 0 bridgehead atoms. The van der Waals surface area contributed by atoms with Gasteiger partial charge in [0.25, 0.3) is 0 Å². The number of nitrogens with one attached hydrogen (secondary N) is 1. The van der Waals surface area contributed by atoms with Crippen molar-refractivity contribution in [1.82, 2.24) is 9.97 Å². The summed E-state index contributed by atoms with van der Waals surface area (Å²) in [6, 6.07) is 8.64. The lowest BCUT2D eigenvalue weighted by Crippen LogP contribution is -2.17. The SMILES string of the molecule is NCc1nc(NC2CCCC2)c2ccccc2n1. The van der Waals surface area contributed by atoms with Gasteiger partial charge in [-0.3, -0.25) is 0 Å². The standard InChI is InChI=1S/C14H18N4/c15-9-13-17-12-8-4-3-7-11(12)14(18-13)16-10-5-1-2-6-10/h3-4,7-8,10H,1-2,5-6,9,15H2,(H,16,17,18). The molecule has 3 N–H and O–H groups in total. The second kappa shape index (κ2) is 4.90. The van der Waals surface area contributed by atoms with Gasteiger partial charge >= 0.3 is 0 Å². The summed E-state index contributed by atoms with van der Waals surface area (Å²) in [7, 11) is 0. The van der Waals surface area contributed by atoms with Crippen LogP contribution in [-0.4, -0.2) is 16.0 Å². The molecule has 1 aliphatic rings.